The van der Waals surface area contributed by atoms with E-state index in [1.807, 2.05) is 18.2 Å². The van der Waals surface area contributed by atoms with Crippen LogP contribution in [0.5, 0.6) is 0 Å². The molecule has 1 aliphatic heterocycles. The van der Waals surface area contributed by atoms with Gasteiger partial charge in [0.2, 0.25) is 0 Å². The lowest BCUT2D eigenvalue weighted by Crippen LogP contribution is -3.13. The zero-order valence-corrected chi connectivity index (χ0v) is 11.8. The molecule has 0 saturated carbocycles. The van der Waals surface area contributed by atoms with Gasteiger partial charge in [-0.15, -0.1) is 0 Å². The Morgan fingerprint density at radius 3 is 2.78 bits per heavy atom. The summed E-state index contributed by atoms with van der Waals surface area (Å²) in [5.74, 6) is 7.51. The number of quaternary nitrogens is 1. The van der Waals surface area contributed by atoms with Crippen LogP contribution in [-0.4, -0.2) is 19.6 Å². The molecule has 1 aromatic rings. The Hall–Kier alpha value is -0.970. The van der Waals surface area contributed by atoms with Crippen molar-refractivity contribution in [3.63, 3.8) is 0 Å². The molecule has 1 saturated heterocycles. The summed E-state index contributed by atoms with van der Waals surface area (Å²) in [5.41, 5.74) is 1.14. The molecular weight excluding hydrogens is 242 g/mol. The van der Waals surface area contributed by atoms with Gasteiger partial charge in [0.25, 0.3) is 0 Å². The number of halogens is 1. The topological polar surface area (TPSA) is 4.44 Å². The molecule has 0 spiro atoms. The van der Waals surface area contributed by atoms with Crippen molar-refractivity contribution < 1.29 is 17.3 Å². The van der Waals surface area contributed by atoms with Crippen molar-refractivity contribution in [2.45, 2.75) is 26.2 Å². The molecule has 98 valence electrons. The highest BCUT2D eigenvalue weighted by Crippen LogP contribution is 2.10. The maximum atomic E-state index is 3.33. The molecule has 1 N–H and O–H groups in total. The van der Waals surface area contributed by atoms with Crippen LogP contribution in [0.15, 0.2) is 30.3 Å². The van der Waals surface area contributed by atoms with Gasteiger partial charge in [-0.25, -0.2) is 0 Å². The van der Waals surface area contributed by atoms with Gasteiger partial charge >= 0.3 is 0 Å². The van der Waals surface area contributed by atoms with E-state index in [-0.39, 0.29) is 12.4 Å². The van der Waals surface area contributed by atoms with E-state index in [2.05, 4.69) is 30.9 Å². The minimum absolute atomic E-state index is 0. The predicted molar refractivity (Wildman–Crippen MR) is 71.9 cm³/mol. The molecule has 0 radical (unpaired) electrons. The van der Waals surface area contributed by atoms with Crippen LogP contribution in [0.4, 0.5) is 0 Å². The minimum atomic E-state index is 0. The molecule has 0 aromatic heterocycles. The first-order chi connectivity index (χ1) is 8.38. The largest absolute Gasteiger partial charge is 1.00 e. The van der Waals surface area contributed by atoms with Crippen molar-refractivity contribution in [1.29, 1.82) is 0 Å². The summed E-state index contributed by atoms with van der Waals surface area (Å²) in [5, 5.41) is 0. The van der Waals surface area contributed by atoms with E-state index in [4.69, 9.17) is 0 Å². The van der Waals surface area contributed by atoms with Crippen molar-refractivity contribution in [2.24, 2.45) is 5.92 Å². The quantitative estimate of drug-likeness (QED) is 0.636. The number of hydrogen-bond acceptors (Lipinski definition) is 0. The van der Waals surface area contributed by atoms with Gasteiger partial charge in [0.15, 0.2) is 0 Å². The molecule has 2 rings (SSSR count). The average Bonchev–Trinajstić information content (AvgIpc) is 2.40. The third-order valence-electron chi connectivity index (χ3n) is 3.64. The summed E-state index contributed by atoms with van der Waals surface area (Å²) >= 11 is 0. The van der Waals surface area contributed by atoms with Crippen LogP contribution >= 0.6 is 0 Å². The lowest BCUT2D eigenvalue weighted by Gasteiger charge is -2.27. The van der Waals surface area contributed by atoms with Crippen LogP contribution < -0.4 is 17.3 Å². The highest BCUT2D eigenvalue weighted by atomic mass is 35.5. The number of hydrogen-bond donors (Lipinski definition) is 1. The van der Waals surface area contributed by atoms with Crippen LogP contribution in [0.1, 0.15) is 31.7 Å². The smallest absolute Gasteiger partial charge is 0.139 e. The van der Waals surface area contributed by atoms with Crippen LogP contribution in [-0.2, 0) is 0 Å². The molecule has 1 fully saturated rings. The van der Waals surface area contributed by atoms with E-state index in [1.165, 1.54) is 32.4 Å². The SMILES string of the molecule is CCC1CCC[NH+](CC#Cc2ccccc2)C1.[Cl-]. The third-order valence-corrected chi connectivity index (χ3v) is 3.64. The van der Waals surface area contributed by atoms with Crippen molar-refractivity contribution in [3.05, 3.63) is 35.9 Å². The second-order valence-corrected chi connectivity index (χ2v) is 4.97. The maximum Gasteiger partial charge on any atom is 0.139 e. The Bertz CT molecular complexity index is 391. The normalized spacial score (nSPS) is 22.5. The van der Waals surface area contributed by atoms with E-state index in [1.54, 1.807) is 4.90 Å². The van der Waals surface area contributed by atoms with E-state index < -0.39 is 0 Å². The van der Waals surface area contributed by atoms with Crippen LogP contribution in [0.2, 0.25) is 0 Å². The van der Waals surface area contributed by atoms with Crippen LogP contribution in [0, 0.1) is 17.8 Å². The molecule has 18 heavy (non-hydrogen) atoms. The van der Waals surface area contributed by atoms with Gasteiger partial charge in [0, 0.05) is 11.5 Å². The molecule has 2 atom stereocenters. The van der Waals surface area contributed by atoms with Gasteiger partial charge in [-0.2, -0.15) is 0 Å². The molecule has 2 heteroatoms. The summed E-state index contributed by atoms with van der Waals surface area (Å²) in [6.07, 6.45) is 4.13. The van der Waals surface area contributed by atoms with Crippen molar-refractivity contribution in [3.8, 4) is 11.8 Å². The number of rotatable bonds is 2. The van der Waals surface area contributed by atoms with Gasteiger partial charge in [-0.05, 0) is 37.3 Å². The van der Waals surface area contributed by atoms with Gasteiger partial charge < -0.3 is 17.3 Å². The van der Waals surface area contributed by atoms with Crippen LogP contribution in [0.3, 0.4) is 0 Å². The van der Waals surface area contributed by atoms with E-state index in [0.717, 1.165) is 18.0 Å². The van der Waals surface area contributed by atoms with Gasteiger partial charge in [-0.1, -0.05) is 31.0 Å². The summed E-state index contributed by atoms with van der Waals surface area (Å²) in [4.78, 5) is 1.67. The van der Waals surface area contributed by atoms with Gasteiger partial charge in [-0.3, -0.25) is 0 Å². The standard InChI is InChI=1S/C16H21N.ClH/c1-2-15-10-6-12-17(14-15)13-7-11-16-8-4-3-5-9-16;/h3-5,8-9,15H,2,6,10,12-14H2,1H3;1H. The average molecular weight is 264 g/mol. The number of piperidine rings is 1. The predicted octanol–water partition coefficient (Wildman–Crippen LogP) is -1.25. The molecule has 1 nitrogen and oxygen atoms in total. The Kier molecular flexibility index (Phi) is 6.86. The Morgan fingerprint density at radius 2 is 2.06 bits per heavy atom. The molecule has 1 heterocycles. The first kappa shape index (κ1) is 15.1. The number of nitrogens with one attached hydrogen (secondary N) is 1. The molecular formula is C16H22ClN. The second-order valence-electron chi connectivity index (χ2n) is 4.97. The second kappa shape index (κ2) is 8.19. The molecule has 0 aliphatic carbocycles. The van der Waals surface area contributed by atoms with E-state index in [9.17, 15) is 0 Å². The summed E-state index contributed by atoms with van der Waals surface area (Å²) < 4.78 is 0. The minimum Gasteiger partial charge on any atom is -1.00 e. The first-order valence-corrected chi connectivity index (χ1v) is 6.76. The van der Waals surface area contributed by atoms with Crippen molar-refractivity contribution in [1.82, 2.24) is 0 Å². The van der Waals surface area contributed by atoms with Gasteiger partial charge in [0.05, 0.1) is 13.1 Å². The van der Waals surface area contributed by atoms with Gasteiger partial charge in [0.1, 0.15) is 6.54 Å². The zero-order valence-electron chi connectivity index (χ0n) is 11.1. The Morgan fingerprint density at radius 1 is 1.28 bits per heavy atom. The molecule has 1 aliphatic rings. The highest BCUT2D eigenvalue weighted by molar-refractivity contribution is 5.33. The highest BCUT2D eigenvalue weighted by Gasteiger charge is 2.20. The fraction of sp³-hybridized carbons (Fsp3) is 0.500. The first-order valence-electron chi connectivity index (χ1n) is 6.76. The third kappa shape index (κ3) is 4.72. The molecule has 0 amide bonds. The Balaban J connectivity index is 0.00000162. The fourth-order valence-electron chi connectivity index (χ4n) is 2.55. The number of likely N-dealkylation sites (tertiary alicyclic amines) is 1. The fourth-order valence-corrected chi connectivity index (χ4v) is 2.55. The maximum absolute atomic E-state index is 3.33. The number of benzene rings is 1. The van der Waals surface area contributed by atoms with Crippen LogP contribution in [0.25, 0.3) is 0 Å². The Labute approximate surface area is 117 Å². The van der Waals surface area contributed by atoms with Crippen molar-refractivity contribution in [2.75, 3.05) is 19.6 Å². The molecule has 2 unspecified atom stereocenters. The molecule has 0 bridgehead atoms. The van der Waals surface area contributed by atoms with Crippen molar-refractivity contribution >= 4 is 0 Å². The lowest BCUT2D eigenvalue weighted by molar-refractivity contribution is -0.901. The summed E-state index contributed by atoms with van der Waals surface area (Å²) in [7, 11) is 0. The lowest BCUT2D eigenvalue weighted by atomic mass is 9.96. The monoisotopic (exact) mass is 263 g/mol. The summed E-state index contributed by atoms with van der Waals surface area (Å²) in [6, 6.07) is 10.3. The molecule has 1 aromatic carbocycles. The zero-order chi connectivity index (χ0) is 11.9. The van der Waals surface area contributed by atoms with E-state index >= 15 is 0 Å². The summed E-state index contributed by atoms with van der Waals surface area (Å²) in [6.45, 7) is 5.94. The van der Waals surface area contributed by atoms with E-state index in [0.29, 0.717) is 0 Å².